The molecule has 1 N–H and O–H groups in total. The molecule has 0 fully saturated rings. The van der Waals surface area contributed by atoms with E-state index >= 15 is 0 Å². The molecule has 0 unspecified atom stereocenters. The van der Waals surface area contributed by atoms with Crippen LogP contribution in [-0.4, -0.2) is 35.8 Å². The average molecular weight is 372 g/mol. The first kappa shape index (κ1) is 18.7. The van der Waals surface area contributed by atoms with Crippen LogP contribution in [-0.2, 0) is 6.18 Å². The van der Waals surface area contributed by atoms with Gasteiger partial charge in [0.2, 0.25) is 0 Å². The Morgan fingerprint density at radius 2 is 1.76 bits per heavy atom. The minimum atomic E-state index is -4.58. The third-order valence-corrected chi connectivity index (χ3v) is 3.51. The van der Waals surface area contributed by atoms with Crippen molar-refractivity contribution in [2.24, 2.45) is 0 Å². The quantitative estimate of drug-likeness (QED) is 0.894. The molecule has 1 aromatic heterocycles. The average Bonchev–Trinajstić information content (AvgIpc) is 2.55. The highest BCUT2D eigenvalue weighted by Gasteiger charge is 2.32. The number of halogens is 4. The predicted octanol–water partition coefficient (Wildman–Crippen LogP) is 3.71. The van der Waals surface area contributed by atoms with Gasteiger partial charge in [-0.15, -0.1) is 0 Å². The molecule has 0 spiro atoms. The van der Waals surface area contributed by atoms with E-state index in [0.29, 0.717) is 11.6 Å². The second-order valence-corrected chi connectivity index (χ2v) is 5.69. The third kappa shape index (κ3) is 4.48. The fourth-order valence-corrected chi connectivity index (χ4v) is 2.07. The zero-order chi connectivity index (χ0) is 18.8. The molecule has 0 saturated heterocycles. The molecule has 25 heavy (non-hydrogen) atoms. The van der Waals surface area contributed by atoms with E-state index in [-0.39, 0.29) is 22.2 Å². The Kier molecular flexibility index (Phi) is 5.32. The number of rotatable bonds is 3. The monoisotopic (exact) mass is 371 g/mol. The number of hydrogen-bond donors (Lipinski definition) is 1. The third-order valence-electron chi connectivity index (χ3n) is 3.18. The number of hydrogen-bond acceptors (Lipinski definition) is 3. The molecular formula is C16H13ClF3N3O2. The summed E-state index contributed by atoms with van der Waals surface area (Å²) in [6.45, 7) is 0. The molecule has 1 aromatic carbocycles. The number of carbonyl (C=O) groups excluding carboxylic acids is 2. The maximum atomic E-state index is 12.5. The molecule has 0 bridgehead atoms. The Morgan fingerprint density at radius 3 is 2.28 bits per heavy atom. The topological polar surface area (TPSA) is 62.3 Å². The van der Waals surface area contributed by atoms with E-state index in [0.717, 1.165) is 12.3 Å². The van der Waals surface area contributed by atoms with Gasteiger partial charge in [-0.05, 0) is 30.3 Å². The van der Waals surface area contributed by atoms with Crippen LogP contribution in [0.15, 0.2) is 36.5 Å². The predicted molar refractivity (Wildman–Crippen MR) is 86.7 cm³/mol. The van der Waals surface area contributed by atoms with Crippen molar-refractivity contribution in [2.45, 2.75) is 6.18 Å². The summed E-state index contributed by atoms with van der Waals surface area (Å²) in [6.07, 6.45) is -3.76. The molecule has 2 amide bonds. The number of aromatic nitrogens is 1. The van der Waals surface area contributed by atoms with Crippen molar-refractivity contribution in [3.8, 4) is 0 Å². The summed E-state index contributed by atoms with van der Waals surface area (Å²) in [6, 6.07) is 6.05. The molecule has 2 rings (SSSR count). The minimum Gasteiger partial charge on any atom is -0.345 e. The van der Waals surface area contributed by atoms with E-state index in [4.69, 9.17) is 11.6 Å². The largest absolute Gasteiger partial charge is 0.433 e. The van der Waals surface area contributed by atoms with Gasteiger partial charge in [-0.25, -0.2) is 0 Å². The number of amides is 2. The van der Waals surface area contributed by atoms with E-state index in [2.05, 4.69) is 10.3 Å². The highest BCUT2D eigenvalue weighted by molar-refractivity contribution is 6.34. The molecule has 5 nitrogen and oxygen atoms in total. The first-order valence-electron chi connectivity index (χ1n) is 6.95. The van der Waals surface area contributed by atoms with Crippen LogP contribution in [0.2, 0.25) is 5.02 Å². The van der Waals surface area contributed by atoms with Gasteiger partial charge < -0.3 is 10.2 Å². The first-order chi connectivity index (χ1) is 11.6. The van der Waals surface area contributed by atoms with Crippen LogP contribution in [0.1, 0.15) is 26.4 Å². The lowest BCUT2D eigenvalue weighted by Gasteiger charge is -2.13. The van der Waals surface area contributed by atoms with Crippen molar-refractivity contribution in [1.82, 2.24) is 9.88 Å². The molecule has 2 aromatic rings. The van der Waals surface area contributed by atoms with Crippen LogP contribution in [0.3, 0.4) is 0 Å². The van der Waals surface area contributed by atoms with Crippen molar-refractivity contribution in [3.63, 3.8) is 0 Å². The highest BCUT2D eigenvalue weighted by atomic mass is 35.5. The van der Waals surface area contributed by atoms with Gasteiger partial charge in [0, 0.05) is 25.9 Å². The summed E-state index contributed by atoms with van der Waals surface area (Å²) in [4.78, 5) is 28.7. The van der Waals surface area contributed by atoms with Gasteiger partial charge >= 0.3 is 6.18 Å². The number of anilines is 1. The number of benzene rings is 1. The standard InChI is InChI=1S/C16H13ClF3N3O2/c1-23(2)15(25)9-3-5-11(17)12(7-9)22-14(24)10-4-6-13(21-8-10)16(18,19)20/h3-8H,1-2H3,(H,22,24). The number of alkyl halides is 3. The molecule has 132 valence electrons. The molecule has 0 aliphatic heterocycles. The summed E-state index contributed by atoms with van der Waals surface area (Å²) >= 11 is 5.99. The van der Waals surface area contributed by atoms with Gasteiger partial charge in [0.15, 0.2) is 0 Å². The Balaban J connectivity index is 2.23. The number of nitrogens with zero attached hydrogens (tertiary/aromatic N) is 2. The van der Waals surface area contributed by atoms with Gasteiger partial charge in [-0.2, -0.15) is 13.2 Å². The van der Waals surface area contributed by atoms with Crippen molar-refractivity contribution < 1.29 is 22.8 Å². The molecule has 9 heteroatoms. The first-order valence-corrected chi connectivity index (χ1v) is 7.33. The fraction of sp³-hybridized carbons (Fsp3) is 0.188. The Bertz CT molecular complexity index is 805. The summed E-state index contributed by atoms with van der Waals surface area (Å²) in [7, 11) is 3.14. The van der Waals surface area contributed by atoms with E-state index in [9.17, 15) is 22.8 Å². The lowest BCUT2D eigenvalue weighted by Crippen LogP contribution is -2.22. The molecule has 0 aliphatic carbocycles. The van der Waals surface area contributed by atoms with Gasteiger partial charge in [0.05, 0.1) is 16.3 Å². The molecule has 0 saturated carbocycles. The number of nitrogens with one attached hydrogen (secondary N) is 1. The van der Waals surface area contributed by atoms with Gasteiger partial charge in [-0.1, -0.05) is 11.6 Å². The normalized spacial score (nSPS) is 11.1. The van der Waals surface area contributed by atoms with E-state index in [1.54, 1.807) is 14.1 Å². The second kappa shape index (κ2) is 7.10. The summed E-state index contributed by atoms with van der Waals surface area (Å²) < 4.78 is 37.5. The van der Waals surface area contributed by atoms with Crippen LogP contribution in [0.4, 0.5) is 18.9 Å². The van der Waals surface area contributed by atoms with Crippen LogP contribution in [0, 0.1) is 0 Å². The van der Waals surface area contributed by atoms with E-state index in [1.165, 1.54) is 23.1 Å². The van der Waals surface area contributed by atoms with E-state index in [1.807, 2.05) is 0 Å². The summed E-state index contributed by atoms with van der Waals surface area (Å²) in [5, 5.41) is 2.64. The van der Waals surface area contributed by atoms with Gasteiger partial charge in [0.1, 0.15) is 5.69 Å². The van der Waals surface area contributed by atoms with Crippen molar-refractivity contribution in [3.05, 3.63) is 58.4 Å². The smallest absolute Gasteiger partial charge is 0.345 e. The van der Waals surface area contributed by atoms with Crippen LogP contribution >= 0.6 is 11.6 Å². The Morgan fingerprint density at radius 1 is 1.12 bits per heavy atom. The lowest BCUT2D eigenvalue weighted by atomic mass is 10.1. The number of pyridine rings is 1. The molecule has 0 aliphatic rings. The van der Waals surface area contributed by atoms with Crippen molar-refractivity contribution in [1.29, 1.82) is 0 Å². The fourth-order valence-electron chi connectivity index (χ4n) is 1.90. The highest BCUT2D eigenvalue weighted by Crippen LogP contribution is 2.28. The van der Waals surface area contributed by atoms with E-state index < -0.39 is 17.8 Å². The molecular weight excluding hydrogens is 359 g/mol. The maximum Gasteiger partial charge on any atom is 0.433 e. The second-order valence-electron chi connectivity index (χ2n) is 5.28. The molecule has 0 atom stereocenters. The Hall–Kier alpha value is -2.61. The Labute approximate surface area is 146 Å². The summed E-state index contributed by atoms with van der Waals surface area (Å²) in [5.74, 6) is -0.985. The zero-order valence-corrected chi connectivity index (χ0v) is 13.9. The van der Waals surface area contributed by atoms with Crippen LogP contribution in [0.25, 0.3) is 0 Å². The number of carbonyl (C=O) groups is 2. The molecule has 1 heterocycles. The van der Waals surface area contributed by atoms with Gasteiger partial charge in [-0.3, -0.25) is 14.6 Å². The van der Waals surface area contributed by atoms with Crippen molar-refractivity contribution in [2.75, 3.05) is 19.4 Å². The van der Waals surface area contributed by atoms with Crippen LogP contribution in [0.5, 0.6) is 0 Å². The SMILES string of the molecule is CN(C)C(=O)c1ccc(Cl)c(NC(=O)c2ccc(C(F)(F)F)nc2)c1. The van der Waals surface area contributed by atoms with Crippen molar-refractivity contribution >= 4 is 29.1 Å². The molecule has 0 radical (unpaired) electrons. The zero-order valence-electron chi connectivity index (χ0n) is 13.2. The minimum absolute atomic E-state index is 0.0756. The van der Waals surface area contributed by atoms with Crippen LogP contribution < -0.4 is 5.32 Å². The van der Waals surface area contributed by atoms with Gasteiger partial charge in [0.25, 0.3) is 11.8 Å². The lowest BCUT2D eigenvalue weighted by molar-refractivity contribution is -0.141. The maximum absolute atomic E-state index is 12.5. The summed E-state index contributed by atoms with van der Waals surface area (Å²) in [5.41, 5.74) is -0.705.